The van der Waals surface area contributed by atoms with E-state index in [-0.39, 0.29) is 0 Å². The molecule has 1 saturated carbocycles. The molecule has 15 heavy (non-hydrogen) atoms. The third kappa shape index (κ3) is 3.46. The number of hydrogen-bond donors (Lipinski definition) is 1. The summed E-state index contributed by atoms with van der Waals surface area (Å²) in [5.41, 5.74) is 0. The Morgan fingerprint density at radius 3 is 2.73 bits per heavy atom. The summed E-state index contributed by atoms with van der Waals surface area (Å²) < 4.78 is 0. The molecule has 2 nitrogen and oxygen atoms in total. The molecule has 1 aliphatic carbocycles. The first-order valence-electron chi connectivity index (χ1n) is 6.77. The Hall–Kier alpha value is -0.0800. The maximum Gasteiger partial charge on any atom is 0.0192 e. The summed E-state index contributed by atoms with van der Waals surface area (Å²) in [5, 5.41) is 3.65. The van der Waals surface area contributed by atoms with Crippen LogP contribution in [0.15, 0.2) is 0 Å². The fourth-order valence-electron chi connectivity index (χ4n) is 2.55. The van der Waals surface area contributed by atoms with Crippen LogP contribution in [-0.2, 0) is 0 Å². The smallest absolute Gasteiger partial charge is 0.0192 e. The van der Waals surface area contributed by atoms with Crippen molar-refractivity contribution in [1.29, 1.82) is 0 Å². The van der Waals surface area contributed by atoms with Gasteiger partial charge in [-0.05, 0) is 45.2 Å². The van der Waals surface area contributed by atoms with Crippen LogP contribution >= 0.6 is 0 Å². The average Bonchev–Trinajstić information content (AvgIpc) is 3.04. The minimum Gasteiger partial charge on any atom is -0.313 e. The van der Waals surface area contributed by atoms with Gasteiger partial charge in [-0.3, -0.25) is 4.90 Å². The number of nitrogens with one attached hydrogen (secondary N) is 1. The molecule has 0 aromatic heterocycles. The molecule has 0 bridgehead atoms. The SMILES string of the molecule is CCC1CN(CCC2CC2)C(C)CCN1. The molecule has 0 radical (unpaired) electrons. The third-order valence-electron chi connectivity index (χ3n) is 4.09. The lowest BCUT2D eigenvalue weighted by molar-refractivity contribution is 0.197. The van der Waals surface area contributed by atoms with Crippen LogP contribution in [0.4, 0.5) is 0 Å². The Kier molecular flexibility index (Phi) is 4.04. The van der Waals surface area contributed by atoms with E-state index in [9.17, 15) is 0 Å². The average molecular weight is 210 g/mol. The van der Waals surface area contributed by atoms with Crippen LogP contribution in [0, 0.1) is 5.92 Å². The lowest BCUT2D eigenvalue weighted by Crippen LogP contribution is -2.40. The molecule has 1 heterocycles. The van der Waals surface area contributed by atoms with Crippen LogP contribution in [0.25, 0.3) is 0 Å². The molecule has 0 aromatic rings. The van der Waals surface area contributed by atoms with Gasteiger partial charge in [0.1, 0.15) is 0 Å². The van der Waals surface area contributed by atoms with E-state index in [0.717, 1.165) is 18.0 Å². The maximum absolute atomic E-state index is 3.65. The summed E-state index contributed by atoms with van der Waals surface area (Å²) in [5.74, 6) is 1.08. The second-order valence-electron chi connectivity index (χ2n) is 5.42. The first-order chi connectivity index (χ1) is 7.29. The molecule has 2 aliphatic rings. The summed E-state index contributed by atoms with van der Waals surface area (Å²) in [6.07, 6.45) is 7.03. The van der Waals surface area contributed by atoms with E-state index in [2.05, 4.69) is 24.1 Å². The van der Waals surface area contributed by atoms with Crippen molar-refractivity contribution in [3.05, 3.63) is 0 Å². The Bertz CT molecular complexity index is 189. The molecule has 1 aliphatic heterocycles. The van der Waals surface area contributed by atoms with Crippen LogP contribution < -0.4 is 5.32 Å². The van der Waals surface area contributed by atoms with Crippen LogP contribution in [0.2, 0.25) is 0 Å². The van der Waals surface area contributed by atoms with Gasteiger partial charge in [0.2, 0.25) is 0 Å². The molecule has 0 aromatic carbocycles. The molecule has 1 saturated heterocycles. The predicted octanol–water partition coefficient (Wildman–Crippen LogP) is 2.25. The van der Waals surface area contributed by atoms with Crippen molar-refractivity contribution >= 4 is 0 Å². The molecule has 0 spiro atoms. The number of nitrogens with zero attached hydrogens (tertiary/aromatic N) is 1. The van der Waals surface area contributed by atoms with Crippen molar-refractivity contribution in [1.82, 2.24) is 10.2 Å². The molecule has 2 fully saturated rings. The highest BCUT2D eigenvalue weighted by atomic mass is 15.2. The Morgan fingerprint density at radius 1 is 1.27 bits per heavy atom. The van der Waals surface area contributed by atoms with Gasteiger partial charge >= 0.3 is 0 Å². The van der Waals surface area contributed by atoms with Gasteiger partial charge in [0.05, 0.1) is 0 Å². The van der Waals surface area contributed by atoms with E-state index >= 15 is 0 Å². The molecule has 88 valence electrons. The van der Waals surface area contributed by atoms with Gasteiger partial charge in [0, 0.05) is 18.6 Å². The highest BCUT2D eigenvalue weighted by Crippen LogP contribution is 2.32. The largest absolute Gasteiger partial charge is 0.313 e. The van der Waals surface area contributed by atoms with Crippen molar-refractivity contribution < 1.29 is 0 Å². The summed E-state index contributed by atoms with van der Waals surface area (Å²) >= 11 is 0. The van der Waals surface area contributed by atoms with Crippen molar-refractivity contribution in [3.63, 3.8) is 0 Å². The lowest BCUT2D eigenvalue weighted by Gasteiger charge is -2.28. The Balaban J connectivity index is 1.80. The van der Waals surface area contributed by atoms with Crippen LogP contribution in [0.1, 0.15) is 46.0 Å². The van der Waals surface area contributed by atoms with E-state index < -0.39 is 0 Å². The fourth-order valence-corrected chi connectivity index (χ4v) is 2.55. The number of rotatable bonds is 4. The molecule has 2 atom stereocenters. The van der Waals surface area contributed by atoms with Crippen molar-refractivity contribution in [2.75, 3.05) is 19.6 Å². The highest BCUT2D eigenvalue weighted by molar-refractivity contribution is 4.82. The molecule has 2 unspecified atom stereocenters. The lowest BCUT2D eigenvalue weighted by atomic mass is 10.1. The van der Waals surface area contributed by atoms with E-state index in [0.29, 0.717) is 0 Å². The normalized spacial score (nSPS) is 34.0. The molecule has 2 heteroatoms. The van der Waals surface area contributed by atoms with Crippen LogP contribution in [0.5, 0.6) is 0 Å². The zero-order valence-corrected chi connectivity index (χ0v) is 10.3. The second kappa shape index (κ2) is 5.31. The zero-order valence-electron chi connectivity index (χ0n) is 10.3. The zero-order chi connectivity index (χ0) is 10.7. The van der Waals surface area contributed by atoms with Gasteiger partial charge in [-0.15, -0.1) is 0 Å². The van der Waals surface area contributed by atoms with Gasteiger partial charge in [-0.2, -0.15) is 0 Å². The van der Waals surface area contributed by atoms with Crippen LogP contribution in [0.3, 0.4) is 0 Å². The standard InChI is InChI=1S/C13H26N2/c1-3-13-10-15(9-7-12-4-5-12)11(2)6-8-14-13/h11-14H,3-10H2,1-2H3. The quantitative estimate of drug-likeness (QED) is 0.765. The summed E-state index contributed by atoms with van der Waals surface area (Å²) in [4.78, 5) is 2.71. The first kappa shape index (κ1) is 11.4. The Labute approximate surface area is 94.4 Å². The van der Waals surface area contributed by atoms with E-state index in [1.54, 1.807) is 0 Å². The van der Waals surface area contributed by atoms with Crippen molar-refractivity contribution in [3.8, 4) is 0 Å². The molecular weight excluding hydrogens is 184 g/mol. The third-order valence-corrected chi connectivity index (χ3v) is 4.09. The van der Waals surface area contributed by atoms with Gasteiger partial charge in [-0.1, -0.05) is 19.8 Å². The van der Waals surface area contributed by atoms with Gasteiger partial charge in [0.25, 0.3) is 0 Å². The summed E-state index contributed by atoms with van der Waals surface area (Å²) in [6, 6.07) is 1.52. The van der Waals surface area contributed by atoms with Crippen molar-refractivity contribution in [2.24, 2.45) is 5.92 Å². The first-order valence-corrected chi connectivity index (χ1v) is 6.77. The monoisotopic (exact) mass is 210 g/mol. The molecule has 0 amide bonds. The van der Waals surface area contributed by atoms with Gasteiger partial charge in [-0.25, -0.2) is 0 Å². The minimum absolute atomic E-state index is 0.731. The number of hydrogen-bond acceptors (Lipinski definition) is 2. The predicted molar refractivity (Wildman–Crippen MR) is 65.1 cm³/mol. The maximum atomic E-state index is 3.65. The van der Waals surface area contributed by atoms with E-state index in [4.69, 9.17) is 0 Å². The van der Waals surface area contributed by atoms with Gasteiger partial charge in [0.15, 0.2) is 0 Å². The molecule has 2 rings (SSSR count). The Morgan fingerprint density at radius 2 is 2.07 bits per heavy atom. The molecular formula is C13H26N2. The van der Waals surface area contributed by atoms with E-state index in [1.165, 1.54) is 51.7 Å². The topological polar surface area (TPSA) is 15.3 Å². The van der Waals surface area contributed by atoms with Crippen molar-refractivity contribution in [2.45, 2.75) is 58.0 Å². The molecule has 1 N–H and O–H groups in total. The van der Waals surface area contributed by atoms with Crippen LogP contribution in [-0.4, -0.2) is 36.6 Å². The van der Waals surface area contributed by atoms with Gasteiger partial charge < -0.3 is 5.32 Å². The fraction of sp³-hybridized carbons (Fsp3) is 1.00. The van der Waals surface area contributed by atoms with E-state index in [1.807, 2.05) is 0 Å². The highest BCUT2D eigenvalue weighted by Gasteiger charge is 2.25. The minimum atomic E-state index is 0.731. The second-order valence-corrected chi connectivity index (χ2v) is 5.42. The summed E-state index contributed by atoms with van der Waals surface area (Å²) in [7, 11) is 0. The summed E-state index contributed by atoms with van der Waals surface area (Å²) in [6.45, 7) is 8.51.